The highest BCUT2D eigenvalue weighted by molar-refractivity contribution is 7.09. The minimum atomic E-state index is 0.600. The van der Waals surface area contributed by atoms with Crippen LogP contribution in [0.5, 0.6) is 5.75 Å². The number of nitrogens with zero attached hydrogens (tertiary/aromatic N) is 5. The molecule has 1 fully saturated rings. The van der Waals surface area contributed by atoms with Gasteiger partial charge in [-0.05, 0) is 13.0 Å². The first-order valence-electron chi connectivity index (χ1n) is 9.47. The summed E-state index contributed by atoms with van der Waals surface area (Å²) in [5, 5.41) is 4.45. The Hall–Kier alpha value is -2.35. The number of methoxy groups -OCH3 is 1. The van der Waals surface area contributed by atoms with E-state index in [1.807, 2.05) is 18.2 Å². The summed E-state index contributed by atoms with van der Waals surface area (Å²) in [5.41, 5.74) is 1.09. The van der Waals surface area contributed by atoms with E-state index >= 15 is 0 Å². The van der Waals surface area contributed by atoms with Crippen LogP contribution in [0.25, 0.3) is 0 Å². The van der Waals surface area contributed by atoms with Crippen molar-refractivity contribution in [1.82, 2.24) is 19.6 Å². The molecule has 1 aromatic carbocycles. The van der Waals surface area contributed by atoms with Crippen LogP contribution in [-0.2, 0) is 13.0 Å². The molecule has 0 saturated carbocycles. The van der Waals surface area contributed by atoms with E-state index in [-0.39, 0.29) is 0 Å². The zero-order valence-electron chi connectivity index (χ0n) is 16.3. The first kappa shape index (κ1) is 19.4. The van der Waals surface area contributed by atoms with Gasteiger partial charge in [0, 0.05) is 56.2 Å². The zero-order chi connectivity index (χ0) is 19.1. The number of guanidine groups is 1. The van der Waals surface area contributed by atoms with Crippen molar-refractivity contribution >= 4 is 22.6 Å². The van der Waals surface area contributed by atoms with E-state index in [0.717, 1.165) is 67.4 Å². The number of hydrogen-bond acceptors (Lipinski definition) is 6. The number of para-hydroxylation sites is 1. The number of ether oxygens (including phenoxy) is 1. The second-order valence-electron chi connectivity index (χ2n) is 6.30. The molecule has 1 aliphatic heterocycles. The summed E-state index contributed by atoms with van der Waals surface area (Å²) in [5.74, 6) is 2.77. The summed E-state index contributed by atoms with van der Waals surface area (Å²) in [6.45, 7) is 9.32. The molecule has 27 heavy (non-hydrogen) atoms. The number of aryl methyl sites for hydroxylation is 1. The van der Waals surface area contributed by atoms with Crippen molar-refractivity contribution in [1.29, 1.82) is 0 Å². The van der Waals surface area contributed by atoms with E-state index in [0.29, 0.717) is 6.54 Å². The molecular weight excluding hydrogens is 360 g/mol. The van der Waals surface area contributed by atoms with Crippen LogP contribution in [0, 0.1) is 0 Å². The number of aliphatic imine (C=N–C) groups is 1. The Balaban J connectivity index is 1.63. The molecule has 0 amide bonds. The van der Waals surface area contributed by atoms with Gasteiger partial charge in [-0.25, -0.2) is 9.98 Å². The van der Waals surface area contributed by atoms with Crippen molar-refractivity contribution in [3.63, 3.8) is 0 Å². The standard InChI is InChI=1S/C19H28N6OS/c1-4-17-22-19(27-23-17)25-12-10-24(11-13-25)18(20-5-2)21-14-15-8-6-7-9-16(15)26-3/h6-9H,4-5,10-14H2,1-3H3,(H,20,21). The van der Waals surface area contributed by atoms with Gasteiger partial charge in [-0.2, -0.15) is 4.37 Å². The van der Waals surface area contributed by atoms with Crippen molar-refractivity contribution in [2.75, 3.05) is 44.7 Å². The molecule has 1 saturated heterocycles. The number of nitrogens with one attached hydrogen (secondary N) is 1. The smallest absolute Gasteiger partial charge is 0.205 e. The summed E-state index contributed by atoms with van der Waals surface area (Å²) < 4.78 is 9.84. The predicted octanol–water partition coefficient (Wildman–Crippen LogP) is 2.40. The lowest BCUT2D eigenvalue weighted by molar-refractivity contribution is 0.372. The minimum Gasteiger partial charge on any atom is -0.496 e. The van der Waals surface area contributed by atoms with Crippen molar-refractivity contribution in [2.24, 2.45) is 4.99 Å². The lowest BCUT2D eigenvalue weighted by Crippen LogP contribution is -2.52. The van der Waals surface area contributed by atoms with Crippen molar-refractivity contribution < 1.29 is 4.74 Å². The minimum absolute atomic E-state index is 0.600. The fraction of sp³-hybridized carbons (Fsp3) is 0.526. The Morgan fingerprint density at radius 3 is 2.67 bits per heavy atom. The Morgan fingerprint density at radius 1 is 1.22 bits per heavy atom. The molecule has 146 valence electrons. The van der Waals surface area contributed by atoms with E-state index in [2.05, 4.69) is 44.4 Å². The highest BCUT2D eigenvalue weighted by Crippen LogP contribution is 2.20. The topological polar surface area (TPSA) is 65.9 Å². The fourth-order valence-electron chi connectivity index (χ4n) is 3.05. The average molecular weight is 389 g/mol. The molecule has 0 bridgehead atoms. The molecule has 1 aromatic heterocycles. The number of hydrogen-bond donors (Lipinski definition) is 1. The highest BCUT2D eigenvalue weighted by atomic mass is 32.1. The van der Waals surface area contributed by atoms with Crippen molar-refractivity contribution in [3.05, 3.63) is 35.7 Å². The highest BCUT2D eigenvalue weighted by Gasteiger charge is 2.22. The Labute approximate surface area is 165 Å². The van der Waals surface area contributed by atoms with E-state index in [1.165, 1.54) is 11.5 Å². The Kier molecular flexibility index (Phi) is 6.86. The molecule has 1 aliphatic rings. The van der Waals surface area contributed by atoms with E-state index in [9.17, 15) is 0 Å². The largest absolute Gasteiger partial charge is 0.496 e. The predicted molar refractivity (Wildman–Crippen MR) is 111 cm³/mol. The molecule has 1 N–H and O–H groups in total. The Bertz CT molecular complexity index is 754. The van der Waals surface area contributed by atoms with Crippen LogP contribution in [0.1, 0.15) is 25.2 Å². The second-order valence-corrected chi connectivity index (χ2v) is 7.03. The summed E-state index contributed by atoms with van der Waals surface area (Å²) in [6.07, 6.45) is 0.886. The molecule has 0 atom stereocenters. The van der Waals surface area contributed by atoms with Crippen molar-refractivity contribution in [2.45, 2.75) is 26.8 Å². The first-order valence-corrected chi connectivity index (χ1v) is 10.2. The molecule has 2 heterocycles. The molecule has 7 nitrogen and oxygen atoms in total. The van der Waals surface area contributed by atoms with Crippen LogP contribution in [0.4, 0.5) is 5.13 Å². The van der Waals surface area contributed by atoms with Crippen LogP contribution in [-0.4, -0.2) is 60.1 Å². The lowest BCUT2D eigenvalue weighted by atomic mass is 10.2. The number of benzene rings is 1. The first-order chi connectivity index (χ1) is 13.2. The van der Waals surface area contributed by atoms with E-state index in [1.54, 1.807) is 7.11 Å². The van der Waals surface area contributed by atoms with Crippen LogP contribution >= 0.6 is 11.5 Å². The van der Waals surface area contributed by atoms with Gasteiger partial charge in [0.1, 0.15) is 11.6 Å². The molecule has 8 heteroatoms. The van der Waals surface area contributed by atoms with Crippen LogP contribution in [0.3, 0.4) is 0 Å². The van der Waals surface area contributed by atoms with Gasteiger partial charge in [0.2, 0.25) is 5.13 Å². The van der Waals surface area contributed by atoms with Gasteiger partial charge in [-0.3, -0.25) is 0 Å². The zero-order valence-corrected chi connectivity index (χ0v) is 17.1. The molecule has 0 spiro atoms. The molecule has 0 radical (unpaired) electrons. The monoisotopic (exact) mass is 388 g/mol. The normalized spacial score (nSPS) is 15.1. The second kappa shape index (κ2) is 9.55. The molecular formula is C19H28N6OS. The van der Waals surface area contributed by atoms with E-state index in [4.69, 9.17) is 9.73 Å². The molecule has 3 rings (SSSR count). The maximum atomic E-state index is 5.44. The number of aromatic nitrogens is 2. The van der Waals surface area contributed by atoms with Gasteiger partial charge < -0.3 is 19.9 Å². The number of piperazine rings is 1. The van der Waals surface area contributed by atoms with Gasteiger partial charge in [0.05, 0.1) is 13.7 Å². The summed E-state index contributed by atoms with van der Waals surface area (Å²) in [4.78, 5) is 14.1. The van der Waals surface area contributed by atoms with Gasteiger partial charge >= 0.3 is 0 Å². The fourth-order valence-corrected chi connectivity index (χ4v) is 3.85. The summed E-state index contributed by atoms with van der Waals surface area (Å²) >= 11 is 1.50. The van der Waals surface area contributed by atoms with Crippen molar-refractivity contribution in [3.8, 4) is 5.75 Å². The third-order valence-electron chi connectivity index (χ3n) is 4.55. The molecule has 0 unspecified atom stereocenters. The number of rotatable bonds is 6. The van der Waals surface area contributed by atoms with Crippen LogP contribution < -0.4 is 15.0 Å². The molecule has 2 aromatic rings. The van der Waals surface area contributed by atoms with Gasteiger partial charge in [-0.1, -0.05) is 25.1 Å². The average Bonchev–Trinajstić information content (AvgIpc) is 3.21. The maximum absolute atomic E-state index is 5.44. The third-order valence-corrected chi connectivity index (χ3v) is 5.36. The summed E-state index contributed by atoms with van der Waals surface area (Å²) in [7, 11) is 1.70. The molecule has 0 aliphatic carbocycles. The van der Waals surface area contributed by atoms with Gasteiger partial charge in [-0.15, -0.1) is 0 Å². The SMILES string of the molecule is CCNC(=NCc1ccccc1OC)N1CCN(c2nc(CC)ns2)CC1. The van der Waals surface area contributed by atoms with E-state index < -0.39 is 0 Å². The summed E-state index contributed by atoms with van der Waals surface area (Å²) in [6, 6.07) is 8.04. The van der Waals surface area contributed by atoms with Crippen LogP contribution in [0.2, 0.25) is 0 Å². The lowest BCUT2D eigenvalue weighted by Gasteiger charge is -2.36. The quantitative estimate of drug-likeness (QED) is 0.606. The third kappa shape index (κ3) is 4.88. The van der Waals surface area contributed by atoms with Crippen LogP contribution in [0.15, 0.2) is 29.3 Å². The number of anilines is 1. The van der Waals surface area contributed by atoms with Gasteiger partial charge in [0.15, 0.2) is 5.96 Å². The Morgan fingerprint density at radius 2 is 2.00 bits per heavy atom. The van der Waals surface area contributed by atoms with Gasteiger partial charge in [0.25, 0.3) is 0 Å². The maximum Gasteiger partial charge on any atom is 0.205 e.